The van der Waals surface area contributed by atoms with E-state index in [2.05, 4.69) is 17.1 Å². The molecule has 2 rings (SSSR count). The molecular formula is C15H24IN3O2. The highest BCUT2D eigenvalue weighted by atomic mass is 127. The normalized spacial score (nSPS) is 16.6. The summed E-state index contributed by atoms with van der Waals surface area (Å²) in [7, 11) is 0. The maximum Gasteiger partial charge on any atom is 0.185 e. The number of halogens is 1. The fraction of sp³-hybridized carbons (Fsp3) is 0.533. The molecule has 0 amide bonds. The van der Waals surface area contributed by atoms with Crippen molar-refractivity contribution in [2.75, 3.05) is 26.4 Å². The Labute approximate surface area is 143 Å². The van der Waals surface area contributed by atoms with Crippen LogP contribution in [0, 0.1) is 0 Å². The van der Waals surface area contributed by atoms with Gasteiger partial charge in [-0.2, -0.15) is 0 Å². The number of hydrogen-bond acceptors (Lipinski definition) is 3. The first-order chi connectivity index (χ1) is 9.66. The molecule has 1 heterocycles. The molecule has 1 fully saturated rings. The molecule has 0 unspecified atom stereocenters. The third kappa shape index (κ3) is 4.74. The lowest BCUT2D eigenvalue weighted by atomic mass is 9.74. The molecule has 118 valence electrons. The molecule has 5 nitrogen and oxygen atoms in total. The van der Waals surface area contributed by atoms with Crippen molar-refractivity contribution in [3.05, 3.63) is 29.8 Å². The lowest BCUT2D eigenvalue weighted by Crippen LogP contribution is -2.38. The average Bonchev–Trinajstić information content (AvgIpc) is 2.47. The van der Waals surface area contributed by atoms with Crippen molar-refractivity contribution in [2.45, 2.75) is 25.2 Å². The third-order valence-electron chi connectivity index (χ3n) is 3.79. The van der Waals surface area contributed by atoms with E-state index in [4.69, 9.17) is 20.9 Å². The van der Waals surface area contributed by atoms with Gasteiger partial charge in [-0.15, -0.1) is 24.0 Å². The highest BCUT2D eigenvalue weighted by Gasteiger charge is 2.34. The quantitative estimate of drug-likeness (QED) is 0.446. The van der Waals surface area contributed by atoms with E-state index in [0.29, 0.717) is 13.2 Å². The molecule has 1 saturated heterocycles. The Kier molecular flexibility index (Phi) is 7.24. The van der Waals surface area contributed by atoms with E-state index in [1.54, 1.807) is 0 Å². The van der Waals surface area contributed by atoms with E-state index in [1.165, 1.54) is 5.56 Å². The van der Waals surface area contributed by atoms with Crippen LogP contribution < -0.4 is 16.2 Å². The summed E-state index contributed by atoms with van der Waals surface area (Å²) in [6.45, 7) is 4.74. The first-order valence-corrected chi connectivity index (χ1v) is 7.03. The molecule has 1 aliphatic rings. The fourth-order valence-corrected chi connectivity index (χ4v) is 2.61. The van der Waals surface area contributed by atoms with Gasteiger partial charge in [-0.1, -0.05) is 12.1 Å². The minimum absolute atomic E-state index is 0. The lowest BCUT2D eigenvalue weighted by Gasteiger charge is -2.36. The molecule has 0 bridgehead atoms. The number of rotatable bonds is 5. The zero-order valence-corrected chi connectivity index (χ0v) is 14.7. The van der Waals surface area contributed by atoms with Crippen LogP contribution in [0.2, 0.25) is 0 Å². The van der Waals surface area contributed by atoms with Crippen molar-refractivity contribution in [1.29, 1.82) is 0 Å². The molecule has 4 N–H and O–H groups in total. The molecule has 0 aromatic heterocycles. The van der Waals surface area contributed by atoms with Gasteiger partial charge in [0, 0.05) is 18.6 Å². The molecular weight excluding hydrogens is 381 g/mol. The molecule has 1 aromatic carbocycles. The number of nitrogens with zero attached hydrogens (tertiary/aromatic N) is 1. The zero-order chi connectivity index (χ0) is 14.4. The van der Waals surface area contributed by atoms with Gasteiger partial charge in [0.2, 0.25) is 0 Å². The van der Waals surface area contributed by atoms with Crippen molar-refractivity contribution in [2.24, 2.45) is 16.5 Å². The van der Waals surface area contributed by atoms with Gasteiger partial charge in [0.25, 0.3) is 0 Å². The van der Waals surface area contributed by atoms with E-state index in [1.807, 2.05) is 19.1 Å². The molecule has 0 radical (unpaired) electrons. The van der Waals surface area contributed by atoms with E-state index in [-0.39, 0.29) is 35.4 Å². The van der Waals surface area contributed by atoms with Crippen LogP contribution in [0.25, 0.3) is 0 Å². The van der Waals surface area contributed by atoms with Crippen LogP contribution in [0.15, 0.2) is 29.3 Å². The van der Waals surface area contributed by atoms with E-state index in [9.17, 15) is 0 Å². The Morgan fingerprint density at radius 1 is 1.24 bits per heavy atom. The number of nitrogens with two attached hydrogens (primary N) is 2. The first kappa shape index (κ1) is 18.0. The van der Waals surface area contributed by atoms with Gasteiger partial charge >= 0.3 is 0 Å². The smallest absolute Gasteiger partial charge is 0.185 e. The average molecular weight is 405 g/mol. The Hall–Kier alpha value is -1.02. The summed E-state index contributed by atoms with van der Waals surface area (Å²) in [5.74, 6) is 1.03. The van der Waals surface area contributed by atoms with E-state index < -0.39 is 0 Å². The summed E-state index contributed by atoms with van der Waals surface area (Å²) < 4.78 is 11.0. The molecule has 0 saturated carbocycles. The minimum Gasteiger partial charge on any atom is -0.494 e. The van der Waals surface area contributed by atoms with Crippen LogP contribution in [0.1, 0.15) is 25.3 Å². The Morgan fingerprint density at radius 3 is 2.38 bits per heavy atom. The number of ether oxygens (including phenoxy) is 2. The van der Waals surface area contributed by atoms with Crippen LogP contribution in [0.5, 0.6) is 5.75 Å². The first-order valence-electron chi connectivity index (χ1n) is 7.03. The second-order valence-electron chi connectivity index (χ2n) is 5.09. The predicted octanol–water partition coefficient (Wildman–Crippen LogP) is 2.02. The largest absolute Gasteiger partial charge is 0.494 e. The minimum atomic E-state index is -0.0347. The van der Waals surface area contributed by atoms with Crippen molar-refractivity contribution in [1.82, 2.24) is 0 Å². The summed E-state index contributed by atoms with van der Waals surface area (Å²) in [5.41, 5.74) is 12.2. The van der Waals surface area contributed by atoms with Gasteiger partial charge in [0.1, 0.15) is 5.75 Å². The Morgan fingerprint density at radius 2 is 1.86 bits per heavy atom. The van der Waals surface area contributed by atoms with Crippen molar-refractivity contribution < 1.29 is 9.47 Å². The van der Waals surface area contributed by atoms with Gasteiger partial charge in [-0.05, 0) is 37.5 Å². The Balaban J connectivity index is 0.00000220. The van der Waals surface area contributed by atoms with Gasteiger partial charge in [-0.25, -0.2) is 0 Å². The number of benzene rings is 1. The molecule has 0 aliphatic carbocycles. The number of hydrogen-bond donors (Lipinski definition) is 2. The van der Waals surface area contributed by atoms with Gasteiger partial charge < -0.3 is 20.9 Å². The standard InChI is InChI=1S/C15H23N3O2.HI/c1-2-20-13-5-3-12(4-6-13)15(11-18-14(16)17)7-9-19-10-8-15;/h3-6H,2,7-11H2,1H3,(H4,16,17,18);1H. The van der Waals surface area contributed by atoms with Crippen molar-refractivity contribution in [3.63, 3.8) is 0 Å². The molecule has 1 aromatic rings. The highest BCUT2D eigenvalue weighted by molar-refractivity contribution is 14.0. The zero-order valence-electron chi connectivity index (χ0n) is 12.4. The van der Waals surface area contributed by atoms with Crippen LogP contribution in [0.3, 0.4) is 0 Å². The monoisotopic (exact) mass is 405 g/mol. The van der Waals surface area contributed by atoms with Crippen LogP contribution >= 0.6 is 24.0 Å². The van der Waals surface area contributed by atoms with Crippen molar-refractivity contribution in [3.8, 4) is 5.75 Å². The summed E-state index contributed by atoms with van der Waals surface area (Å²) in [6.07, 6.45) is 1.86. The fourth-order valence-electron chi connectivity index (χ4n) is 2.61. The SMILES string of the molecule is CCOc1ccc(C2(CN=C(N)N)CCOCC2)cc1.I. The van der Waals surface area contributed by atoms with Crippen LogP contribution in [-0.2, 0) is 10.2 Å². The third-order valence-corrected chi connectivity index (χ3v) is 3.79. The maximum atomic E-state index is 5.49. The number of guanidine groups is 1. The van der Waals surface area contributed by atoms with E-state index in [0.717, 1.165) is 31.8 Å². The van der Waals surface area contributed by atoms with Gasteiger partial charge in [0.05, 0.1) is 13.2 Å². The Bertz CT molecular complexity index is 452. The van der Waals surface area contributed by atoms with Gasteiger partial charge in [-0.3, -0.25) is 4.99 Å². The summed E-state index contributed by atoms with van der Waals surface area (Å²) in [5, 5.41) is 0. The van der Waals surface area contributed by atoms with Crippen LogP contribution in [-0.4, -0.2) is 32.3 Å². The summed E-state index contributed by atoms with van der Waals surface area (Å²) in [4.78, 5) is 4.24. The molecule has 1 aliphatic heterocycles. The maximum absolute atomic E-state index is 5.49. The lowest BCUT2D eigenvalue weighted by molar-refractivity contribution is 0.0531. The highest BCUT2D eigenvalue weighted by Crippen LogP contribution is 2.36. The summed E-state index contributed by atoms with van der Waals surface area (Å²) in [6, 6.07) is 8.23. The van der Waals surface area contributed by atoms with Crippen molar-refractivity contribution >= 4 is 29.9 Å². The molecule has 0 atom stereocenters. The van der Waals surface area contributed by atoms with Crippen LogP contribution in [0.4, 0.5) is 0 Å². The molecule has 21 heavy (non-hydrogen) atoms. The molecule has 6 heteroatoms. The van der Waals surface area contributed by atoms with Gasteiger partial charge in [0.15, 0.2) is 5.96 Å². The second-order valence-corrected chi connectivity index (χ2v) is 5.09. The number of aliphatic imine (C=N–C) groups is 1. The predicted molar refractivity (Wildman–Crippen MR) is 95.4 cm³/mol. The topological polar surface area (TPSA) is 82.9 Å². The summed E-state index contributed by atoms with van der Waals surface area (Å²) >= 11 is 0. The molecule has 0 spiro atoms. The van der Waals surface area contributed by atoms with E-state index >= 15 is 0 Å². The second kappa shape index (κ2) is 8.43.